The zero-order chi connectivity index (χ0) is 15.2. The van der Waals surface area contributed by atoms with Gasteiger partial charge in [-0.15, -0.1) is 24.0 Å². The van der Waals surface area contributed by atoms with Crippen LogP contribution in [0, 0.1) is 0 Å². The second-order valence-electron chi connectivity index (χ2n) is 5.69. The first-order valence-electron chi connectivity index (χ1n) is 6.85. The Balaban J connectivity index is 0.00000400. The van der Waals surface area contributed by atoms with Crippen LogP contribution in [0.1, 0.15) is 20.8 Å². The molecule has 0 aromatic carbocycles. The SMILES string of the molecule is CSCCN=C(N)N1CCN(C(=O)OC(C)(C)C)CC1.I. The highest BCUT2D eigenvalue weighted by atomic mass is 127. The molecule has 0 atom stereocenters. The van der Waals surface area contributed by atoms with Crippen molar-refractivity contribution in [1.29, 1.82) is 0 Å². The highest BCUT2D eigenvalue weighted by Gasteiger charge is 2.26. The van der Waals surface area contributed by atoms with Gasteiger partial charge >= 0.3 is 6.09 Å². The van der Waals surface area contributed by atoms with Crippen molar-refractivity contribution in [2.24, 2.45) is 10.7 Å². The van der Waals surface area contributed by atoms with E-state index < -0.39 is 5.60 Å². The fourth-order valence-corrected chi connectivity index (χ4v) is 2.07. The largest absolute Gasteiger partial charge is 0.444 e. The van der Waals surface area contributed by atoms with E-state index in [2.05, 4.69) is 4.99 Å². The molecule has 8 heteroatoms. The molecule has 1 fully saturated rings. The lowest BCUT2D eigenvalue weighted by molar-refractivity contribution is 0.0186. The third kappa shape index (κ3) is 7.98. The molecule has 1 saturated heterocycles. The number of thioether (sulfide) groups is 1. The van der Waals surface area contributed by atoms with Crippen molar-refractivity contribution in [3.05, 3.63) is 0 Å². The van der Waals surface area contributed by atoms with E-state index in [0.717, 1.165) is 12.3 Å². The molecule has 1 aliphatic heterocycles. The zero-order valence-electron chi connectivity index (χ0n) is 13.3. The monoisotopic (exact) mass is 430 g/mol. The standard InChI is InChI=1S/C13H26N4O2S.HI/c1-13(2,3)19-12(18)17-8-6-16(7-9-17)11(14)15-5-10-20-4;/h5-10H2,1-4H3,(H2,14,15);1H. The van der Waals surface area contributed by atoms with Gasteiger partial charge in [0.05, 0.1) is 6.54 Å². The second kappa shape index (κ2) is 9.60. The van der Waals surface area contributed by atoms with Crippen LogP contribution >= 0.6 is 35.7 Å². The molecule has 2 N–H and O–H groups in total. The van der Waals surface area contributed by atoms with Crippen LogP contribution in [0.15, 0.2) is 4.99 Å². The summed E-state index contributed by atoms with van der Waals surface area (Å²) in [7, 11) is 0. The third-order valence-corrected chi connectivity index (χ3v) is 3.42. The molecule has 0 saturated carbocycles. The zero-order valence-corrected chi connectivity index (χ0v) is 16.4. The molecule has 0 aromatic heterocycles. The van der Waals surface area contributed by atoms with Crippen LogP contribution in [-0.2, 0) is 4.74 Å². The smallest absolute Gasteiger partial charge is 0.410 e. The van der Waals surface area contributed by atoms with Crippen molar-refractivity contribution in [2.45, 2.75) is 26.4 Å². The Morgan fingerprint density at radius 3 is 2.24 bits per heavy atom. The van der Waals surface area contributed by atoms with Gasteiger partial charge in [-0.2, -0.15) is 11.8 Å². The first kappa shape index (κ1) is 20.6. The number of aliphatic imine (C=N–C) groups is 1. The van der Waals surface area contributed by atoms with E-state index >= 15 is 0 Å². The predicted octanol–water partition coefficient (Wildman–Crippen LogP) is 1.83. The van der Waals surface area contributed by atoms with Crippen molar-refractivity contribution >= 4 is 47.8 Å². The van der Waals surface area contributed by atoms with Gasteiger partial charge in [0.2, 0.25) is 0 Å². The quantitative estimate of drug-likeness (QED) is 0.320. The van der Waals surface area contributed by atoms with Gasteiger partial charge in [-0.05, 0) is 27.0 Å². The van der Waals surface area contributed by atoms with E-state index in [9.17, 15) is 4.79 Å². The van der Waals surface area contributed by atoms with Crippen LogP contribution in [0.3, 0.4) is 0 Å². The van der Waals surface area contributed by atoms with Crippen molar-refractivity contribution < 1.29 is 9.53 Å². The van der Waals surface area contributed by atoms with Crippen LogP contribution in [-0.4, -0.2) is 72.2 Å². The summed E-state index contributed by atoms with van der Waals surface area (Å²) in [5.41, 5.74) is 5.49. The maximum Gasteiger partial charge on any atom is 0.410 e. The van der Waals surface area contributed by atoms with Crippen molar-refractivity contribution in [3.63, 3.8) is 0 Å². The highest BCUT2D eigenvalue weighted by molar-refractivity contribution is 14.0. The van der Waals surface area contributed by atoms with Gasteiger partial charge < -0.3 is 20.3 Å². The minimum atomic E-state index is -0.452. The number of halogens is 1. The Morgan fingerprint density at radius 2 is 1.76 bits per heavy atom. The number of rotatable bonds is 3. The summed E-state index contributed by atoms with van der Waals surface area (Å²) in [6, 6.07) is 0. The number of piperazine rings is 1. The van der Waals surface area contributed by atoms with Gasteiger partial charge in [0.25, 0.3) is 0 Å². The van der Waals surface area contributed by atoms with E-state index in [1.54, 1.807) is 16.7 Å². The van der Waals surface area contributed by atoms with E-state index in [1.165, 1.54) is 0 Å². The molecule has 0 radical (unpaired) electrons. The summed E-state index contributed by atoms with van der Waals surface area (Å²) in [6.07, 6.45) is 1.79. The number of carbonyl (C=O) groups is 1. The lowest BCUT2D eigenvalue weighted by Gasteiger charge is -2.36. The van der Waals surface area contributed by atoms with Crippen LogP contribution in [0.2, 0.25) is 0 Å². The number of guanidine groups is 1. The number of amides is 1. The number of nitrogens with two attached hydrogens (primary N) is 1. The van der Waals surface area contributed by atoms with E-state index in [4.69, 9.17) is 10.5 Å². The van der Waals surface area contributed by atoms with Gasteiger partial charge in [0.15, 0.2) is 5.96 Å². The molecule has 1 heterocycles. The molecule has 0 bridgehead atoms. The van der Waals surface area contributed by atoms with Gasteiger partial charge in [0, 0.05) is 31.9 Å². The van der Waals surface area contributed by atoms with Crippen molar-refractivity contribution in [1.82, 2.24) is 9.80 Å². The van der Waals surface area contributed by atoms with E-state index in [1.807, 2.05) is 31.9 Å². The first-order chi connectivity index (χ1) is 9.33. The Labute approximate surface area is 148 Å². The summed E-state index contributed by atoms with van der Waals surface area (Å²) in [6.45, 7) is 8.99. The average molecular weight is 430 g/mol. The summed E-state index contributed by atoms with van der Waals surface area (Å²) in [5, 5.41) is 0. The molecule has 1 amide bonds. The Bertz CT molecular complexity index is 353. The van der Waals surface area contributed by atoms with Crippen molar-refractivity contribution in [2.75, 3.05) is 44.7 Å². The molecule has 21 heavy (non-hydrogen) atoms. The molecule has 1 rings (SSSR count). The second-order valence-corrected chi connectivity index (χ2v) is 6.67. The minimum absolute atomic E-state index is 0. The van der Waals surface area contributed by atoms with E-state index in [0.29, 0.717) is 32.1 Å². The molecule has 0 spiro atoms. The number of nitrogens with zero attached hydrogens (tertiary/aromatic N) is 3. The molecular weight excluding hydrogens is 403 g/mol. The van der Waals surface area contributed by atoms with Gasteiger partial charge in [-0.25, -0.2) is 4.79 Å². The average Bonchev–Trinajstić information content (AvgIpc) is 2.37. The third-order valence-electron chi connectivity index (χ3n) is 2.82. The topological polar surface area (TPSA) is 71.2 Å². The van der Waals surface area contributed by atoms with Gasteiger partial charge in [0.1, 0.15) is 5.60 Å². The minimum Gasteiger partial charge on any atom is -0.444 e. The Kier molecular flexibility index (Phi) is 9.43. The Hall–Kier alpha value is -0.380. The lowest BCUT2D eigenvalue weighted by Crippen LogP contribution is -2.53. The maximum absolute atomic E-state index is 11.9. The van der Waals surface area contributed by atoms with Gasteiger partial charge in [-0.3, -0.25) is 4.99 Å². The van der Waals surface area contributed by atoms with Crippen LogP contribution in [0.4, 0.5) is 4.79 Å². The fraction of sp³-hybridized carbons (Fsp3) is 0.846. The summed E-state index contributed by atoms with van der Waals surface area (Å²) < 4.78 is 5.36. The normalized spacial score (nSPS) is 16.5. The highest BCUT2D eigenvalue weighted by Crippen LogP contribution is 2.11. The number of hydrogen-bond acceptors (Lipinski definition) is 4. The van der Waals surface area contributed by atoms with Crippen LogP contribution in [0.25, 0.3) is 0 Å². The first-order valence-corrected chi connectivity index (χ1v) is 8.24. The van der Waals surface area contributed by atoms with E-state index in [-0.39, 0.29) is 30.1 Å². The lowest BCUT2D eigenvalue weighted by atomic mass is 10.2. The molecule has 124 valence electrons. The van der Waals surface area contributed by atoms with Crippen molar-refractivity contribution in [3.8, 4) is 0 Å². The number of hydrogen-bond donors (Lipinski definition) is 1. The molecular formula is C13H27IN4O2S. The van der Waals surface area contributed by atoms with Crippen LogP contribution in [0.5, 0.6) is 0 Å². The number of carbonyl (C=O) groups excluding carboxylic acids is 1. The molecule has 0 aliphatic carbocycles. The molecule has 1 aliphatic rings. The Morgan fingerprint density at radius 1 is 1.24 bits per heavy atom. The molecule has 0 unspecified atom stereocenters. The molecule has 6 nitrogen and oxygen atoms in total. The fourth-order valence-electron chi connectivity index (χ4n) is 1.80. The molecule has 0 aromatic rings. The van der Waals surface area contributed by atoms with Crippen LogP contribution < -0.4 is 5.73 Å². The van der Waals surface area contributed by atoms with Gasteiger partial charge in [-0.1, -0.05) is 0 Å². The summed E-state index contributed by atoms with van der Waals surface area (Å²) >= 11 is 1.75. The summed E-state index contributed by atoms with van der Waals surface area (Å²) in [4.78, 5) is 20.0. The maximum atomic E-state index is 11.9. The summed E-state index contributed by atoms with van der Waals surface area (Å²) in [5.74, 6) is 1.54. The number of ether oxygens (including phenoxy) is 1. The predicted molar refractivity (Wildman–Crippen MR) is 99.7 cm³/mol.